The van der Waals surface area contributed by atoms with Gasteiger partial charge in [0.25, 0.3) is 0 Å². The second-order valence-corrected chi connectivity index (χ2v) is 6.56. The summed E-state index contributed by atoms with van der Waals surface area (Å²) in [6.45, 7) is 6.58. The number of rotatable bonds is 6. The van der Waals surface area contributed by atoms with Gasteiger partial charge in [-0.15, -0.1) is 12.4 Å². The topological polar surface area (TPSA) is 59.6 Å². The van der Waals surface area contributed by atoms with E-state index in [-0.39, 0.29) is 24.2 Å². The van der Waals surface area contributed by atoms with Crippen molar-refractivity contribution in [2.45, 2.75) is 26.3 Å². The van der Waals surface area contributed by atoms with E-state index in [1.807, 2.05) is 6.07 Å². The zero-order valence-corrected chi connectivity index (χ0v) is 15.0. The molecule has 2 saturated heterocycles. The molecule has 24 heavy (non-hydrogen) atoms. The van der Waals surface area contributed by atoms with Crippen molar-refractivity contribution >= 4 is 18.3 Å². The number of aryl methyl sites for hydroxylation is 1. The molecule has 0 bridgehead atoms. The van der Waals surface area contributed by atoms with E-state index in [0.717, 1.165) is 56.0 Å². The first-order valence-corrected chi connectivity index (χ1v) is 8.51. The number of ether oxygens (including phenoxy) is 2. The summed E-state index contributed by atoms with van der Waals surface area (Å²) >= 11 is 0. The minimum absolute atomic E-state index is 0. The highest BCUT2D eigenvalue weighted by Gasteiger charge is 2.22. The molecule has 0 saturated carbocycles. The lowest BCUT2D eigenvalue weighted by Gasteiger charge is -2.16. The van der Waals surface area contributed by atoms with Gasteiger partial charge < -0.3 is 20.1 Å². The molecule has 2 atom stereocenters. The van der Waals surface area contributed by atoms with Crippen molar-refractivity contribution in [3.05, 3.63) is 29.3 Å². The van der Waals surface area contributed by atoms with Crippen molar-refractivity contribution < 1.29 is 14.3 Å². The maximum absolute atomic E-state index is 12.2. The van der Waals surface area contributed by atoms with Gasteiger partial charge in [-0.1, -0.05) is 12.1 Å². The van der Waals surface area contributed by atoms with Crippen LogP contribution in [0.15, 0.2) is 18.2 Å². The van der Waals surface area contributed by atoms with Gasteiger partial charge in [0.05, 0.1) is 19.1 Å². The standard InChI is InChI=1S/C18H26N2O3.ClH/c1-13-2-3-15(10-20-18(21)16-4-6-19-9-16)17(8-13)23-12-14-5-7-22-11-14;/h2-3,8,14,16,19H,4-7,9-12H2,1H3,(H,20,21);1H. The molecular formula is C18H27ClN2O3. The van der Waals surface area contributed by atoms with E-state index in [0.29, 0.717) is 19.1 Å². The van der Waals surface area contributed by atoms with Crippen molar-refractivity contribution in [1.29, 1.82) is 0 Å². The third-order valence-corrected chi connectivity index (χ3v) is 4.61. The van der Waals surface area contributed by atoms with Crippen LogP contribution in [0.1, 0.15) is 24.0 Å². The summed E-state index contributed by atoms with van der Waals surface area (Å²) in [5.41, 5.74) is 2.20. The van der Waals surface area contributed by atoms with Gasteiger partial charge in [-0.25, -0.2) is 0 Å². The molecule has 2 heterocycles. The molecule has 2 fully saturated rings. The lowest BCUT2D eigenvalue weighted by Crippen LogP contribution is -2.31. The zero-order valence-electron chi connectivity index (χ0n) is 14.2. The van der Waals surface area contributed by atoms with Gasteiger partial charge >= 0.3 is 0 Å². The number of amides is 1. The predicted molar refractivity (Wildman–Crippen MR) is 95.7 cm³/mol. The Morgan fingerprint density at radius 1 is 1.42 bits per heavy atom. The van der Waals surface area contributed by atoms with Crippen molar-refractivity contribution in [3.63, 3.8) is 0 Å². The number of halogens is 1. The summed E-state index contributed by atoms with van der Waals surface area (Å²) in [7, 11) is 0. The minimum atomic E-state index is 0. The van der Waals surface area contributed by atoms with E-state index in [2.05, 4.69) is 29.7 Å². The predicted octanol–water partition coefficient (Wildman–Crippen LogP) is 2.06. The highest BCUT2D eigenvalue weighted by molar-refractivity contribution is 5.85. The van der Waals surface area contributed by atoms with Crippen molar-refractivity contribution in [2.75, 3.05) is 32.9 Å². The molecule has 0 aromatic heterocycles. The Kier molecular flexibility index (Phi) is 7.34. The van der Waals surface area contributed by atoms with Gasteiger partial charge in [0, 0.05) is 31.2 Å². The number of carbonyl (C=O) groups excluding carboxylic acids is 1. The van der Waals surface area contributed by atoms with Crippen molar-refractivity contribution in [1.82, 2.24) is 10.6 Å². The van der Waals surface area contributed by atoms with Gasteiger partial charge in [0.1, 0.15) is 5.75 Å². The lowest BCUT2D eigenvalue weighted by molar-refractivity contribution is -0.124. The Morgan fingerprint density at radius 2 is 2.29 bits per heavy atom. The monoisotopic (exact) mass is 354 g/mol. The van der Waals surface area contributed by atoms with Crippen molar-refractivity contribution in [2.24, 2.45) is 11.8 Å². The fourth-order valence-electron chi connectivity index (χ4n) is 3.07. The first-order chi connectivity index (χ1) is 11.2. The normalized spacial score (nSPS) is 22.9. The lowest BCUT2D eigenvalue weighted by atomic mass is 10.1. The zero-order chi connectivity index (χ0) is 16.1. The second kappa shape index (κ2) is 9.25. The molecule has 6 heteroatoms. The molecule has 2 aliphatic heterocycles. The molecule has 0 spiro atoms. The van der Waals surface area contributed by atoms with Gasteiger partial charge in [-0.3, -0.25) is 4.79 Å². The van der Waals surface area contributed by atoms with E-state index in [4.69, 9.17) is 9.47 Å². The number of nitrogens with one attached hydrogen (secondary N) is 2. The first-order valence-electron chi connectivity index (χ1n) is 8.51. The average Bonchev–Trinajstić information content (AvgIpc) is 3.25. The molecule has 2 unspecified atom stereocenters. The van der Waals surface area contributed by atoms with Gasteiger partial charge in [0.15, 0.2) is 0 Å². The van der Waals surface area contributed by atoms with E-state index in [1.165, 1.54) is 0 Å². The van der Waals surface area contributed by atoms with Crippen LogP contribution in [0.3, 0.4) is 0 Å². The summed E-state index contributed by atoms with van der Waals surface area (Å²) in [5, 5.41) is 6.27. The highest BCUT2D eigenvalue weighted by Crippen LogP contribution is 2.23. The van der Waals surface area contributed by atoms with Crippen LogP contribution in [0.2, 0.25) is 0 Å². The first kappa shape index (κ1) is 19.0. The molecule has 2 aliphatic rings. The quantitative estimate of drug-likeness (QED) is 0.821. The summed E-state index contributed by atoms with van der Waals surface area (Å²) < 4.78 is 11.4. The van der Waals surface area contributed by atoms with Gasteiger partial charge in [-0.05, 0) is 37.9 Å². The summed E-state index contributed by atoms with van der Waals surface area (Å²) in [4.78, 5) is 12.2. The van der Waals surface area contributed by atoms with Crippen LogP contribution in [0.25, 0.3) is 0 Å². The van der Waals surface area contributed by atoms with Crippen LogP contribution >= 0.6 is 12.4 Å². The molecule has 1 amide bonds. The third kappa shape index (κ3) is 5.10. The molecule has 1 aromatic rings. The fourth-order valence-corrected chi connectivity index (χ4v) is 3.07. The molecule has 0 aliphatic carbocycles. The van der Waals surface area contributed by atoms with Crippen LogP contribution in [-0.2, 0) is 16.1 Å². The Morgan fingerprint density at radius 3 is 3.00 bits per heavy atom. The third-order valence-electron chi connectivity index (χ3n) is 4.61. The molecule has 3 rings (SSSR count). The minimum Gasteiger partial charge on any atom is -0.493 e. The van der Waals surface area contributed by atoms with Crippen LogP contribution in [0.4, 0.5) is 0 Å². The van der Waals surface area contributed by atoms with Crippen molar-refractivity contribution in [3.8, 4) is 5.75 Å². The van der Waals surface area contributed by atoms with E-state index in [9.17, 15) is 4.79 Å². The van der Waals surface area contributed by atoms with Crippen LogP contribution in [0, 0.1) is 18.8 Å². The number of hydrogen-bond donors (Lipinski definition) is 2. The van der Waals surface area contributed by atoms with E-state index < -0.39 is 0 Å². The second-order valence-electron chi connectivity index (χ2n) is 6.56. The van der Waals surface area contributed by atoms with E-state index >= 15 is 0 Å². The maximum Gasteiger partial charge on any atom is 0.224 e. The summed E-state index contributed by atoms with van der Waals surface area (Å²) in [5.74, 6) is 1.58. The Hall–Kier alpha value is -1.30. The SMILES string of the molecule is Cc1ccc(CNC(=O)C2CCNC2)c(OCC2CCOC2)c1.Cl. The average molecular weight is 355 g/mol. The molecule has 0 radical (unpaired) electrons. The molecular weight excluding hydrogens is 328 g/mol. The molecule has 134 valence electrons. The number of hydrogen-bond acceptors (Lipinski definition) is 4. The van der Waals surface area contributed by atoms with Gasteiger partial charge in [0.2, 0.25) is 5.91 Å². The highest BCUT2D eigenvalue weighted by atomic mass is 35.5. The summed E-state index contributed by atoms with van der Waals surface area (Å²) in [6.07, 6.45) is 1.98. The molecule has 5 nitrogen and oxygen atoms in total. The van der Waals surface area contributed by atoms with Crippen LogP contribution in [-0.4, -0.2) is 38.8 Å². The largest absolute Gasteiger partial charge is 0.493 e. The Labute approximate surface area is 149 Å². The smallest absolute Gasteiger partial charge is 0.224 e. The number of benzene rings is 1. The van der Waals surface area contributed by atoms with E-state index in [1.54, 1.807) is 0 Å². The van der Waals surface area contributed by atoms with Crippen LogP contribution < -0.4 is 15.4 Å². The summed E-state index contributed by atoms with van der Waals surface area (Å²) in [6, 6.07) is 6.15. The Bertz CT molecular complexity index is 541. The molecule has 2 N–H and O–H groups in total. The van der Waals surface area contributed by atoms with Gasteiger partial charge in [-0.2, -0.15) is 0 Å². The molecule has 1 aromatic carbocycles. The Balaban J connectivity index is 0.00000208. The number of carbonyl (C=O) groups is 1. The maximum atomic E-state index is 12.2. The van der Waals surface area contributed by atoms with Crippen LogP contribution in [0.5, 0.6) is 5.75 Å². The fraction of sp³-hybridized carbons (Fsp3) is 0.611.